The summed E-state index contributed by atoms with van der Waals surface area (Å²) in [5, 5.41) is 3.13. The van der Waals surface area contributed by atoms with E-state index in [9.17, 15) is 0 Å². The van der Waals surface area contributed by atoms with Gasteiger partial charge in [0, 0.05) is 0 Å². The lowest BCUT2D eigenvalue weighted by Gasteiger charge is -2.20. The molecule has 0 bridgehead atoms. The summed E-state index contributed by atoms with van der Waals surface area (Å²) in [6.45, 7) is 2.27. The SMILES string of the molecule is CNCCc1cccc2c1OCCO2. The summed E-state index contributed by atoms with van der Waals surface area (Å²) in [5.74, 6) is 1.80. The molecule has 1 heterocycles. The fourth-order valence-corrected chi connectivity index (χ4v) is 1.59. The van der Waals surface area contributed by atoms with Crippen molar-refractivity contribution < 1.29 is 9.47 Å². The first-order valence-electron chi connectivity index (χ1n) is 4.94. The van der Waals surface area contributed by atoms with Crippen molar-refractivity contribution in [1.29, 1.82) is 0 Å². The highest BCUT2D eigenvalue weighted by molar-refractivity contribution is 5.47. The van der Waals surface area contributed by atoms with Crippen LogP contribution in [0.5, 0.6) is 11.5 Å². The Morgan fingerprint density at radius 2 is 2.14 bits per heavy atom. The lowest BCUT2D eigenvalue weighted by Crippen LogP contribution is -2.18. The number of para-hydroxylation sites is 1. The van der Waals surface area contributed by atoms with Crippen LogP contribution < -0.4 is 14.8 Å². The van der Waals surface area contributed by atoms with E-state index >= 15 is 0 Å². The average molecular weight is 193 g/mol. The quantitative estimate of drug-likeness (QED) is 0.783. The molecule has 2 rings (SSSR count). The fraction of sp³-hybridized carbons (Fsp3) is 0.455. The first kappa shape index (κ1) is 9.34. The van der Waals surface area contributed by atoms with Gasteiger partial charge in [0.15, 0.2) is 11.5 Å². The molecule has 0 saturated carbocycles. The van der Waals surface area contributed by atoms with Crippen LogP contribution in [0, 0.1) is 0 Å². The van der Waals surface area contributed by atoms with Gasteiger partial charge < -0.3 is 14.8 Å². The molecule has 1 aliphatic heterocycles. The summed E-state index contributed by atoms with van der Waals surface area (Å²) in [4.78, 5) is 0. The molecule has 0 saturated heterocycles. The molecule has 0 fully saturated rings. The number of benzene rings is 1. The summed E-state index contributed by atoms with van der Waals surface area (Å²) >= 11 is 0. The lowest BCUT2D eigenvalue weighted by atomic mass is 10.1. The molecule has 0 unspecified atom stereocenters. The van der Waals surface area contributed by atoms with Crippen LogP contribution in [-0.4, -0.2) is 26.8 Å². The van der Waals surface area contributed by atoms with Crippen molar-refractivity contribution in [1.82, 2.24) is 5.32 Å². The third kappa shape index (κ3) is 1.82. The molecule has 14 heavy (non-hydrogen) atoms. The molecule has 0 spiro atoms. The first-order chi connectivity index (χ1) is 6.92. The van der Waals surface area contributed by atoms with E-state index in [1.54, 1.807) is 0 Å². The predicted molar refractivity (Wildman–Crippen MR) is 55.1 cm³/mol. The largest absolute Gasteiger partial charge is 0.486 e. The van der Waals surface area contributed by atoms with Crippen molar-refractivity contribution in [2.45, 2.75) is 6.42 Å². The van der Waals surface area contributed by atoms with E-state index in [2.05, 4.69) is 11.4 Å². The maximum Gasteiger partial charge on any atom is 0.164 e. The standard InChI is InChI=1S/C11H15NO2/c1-12-6-5-9-3-2-4-10-11(9)14-8-7-13-10/h2-4,12H,5-8H2,1H3. The molecular formula is C11H15NO2. The van der Waals surface area contributed by atoms with Gasteiger partial charge in [-0.1, -0.05) is 12.1 Å². The highest BCUT2D eigenvalue weighted by Crippen LogP contribution is 2.33. The molecule has 1 N–H and O–H groups in total. The molecule has 0 aliphatic carbocycles. The minimum atomic E-state index is 0.655. The number of hydrogen-bond donors (Lipinski definition) is 1. The lowest BCUT2D eigenvalue weighted by molar-refractivity contribution is 0.170. The van der Waals surface area contributed by atoms with Crippen molar-refractivity contribution in [3.63, 3.8) is 0 Å². The zero-order valence-electron chi connectivity index (χ0n) is 8.38. The summed E-state index contributed by atoms with van der Waals surface area (Å²) in [6.07, 6.45) is 0.975. The van der Waals surface area contributed by atoms with E-state index in [0.717, 1.165) is 24.5 Å². The monoisotopic (exact) mass is 193 g/mol. The van der Waals surface area contributed by atoms with Gasteiger partial charge in [-0.2, -0.15) is 0 Å². The molecule has 3 nitrogen and oxygen atoms in total. The summed E-state index contributed by atoms with van der Waals surface area (Å²) in [5.41, 5.74) is 1.22. The Hall–Kier alpha value is -1.22. The van der Waals surface area contributed by atoms with Gasteiger partial charge in [-0.3, -0.25) is 0 Å². The van der Waals surface area contributed by atoms with E-state index in [1.807, 2.05) is 19.2 Å². The van der Waals surface area contributed by atoms with Gasteiger partial charge >= 0.3 is 0 Å². The Kier molecular flexibility index (Phi) is 2.89. The second kappa shape index (κ2) is 4.33. The van der Waals surface area contributed by atoms with E-state index in [-0.39, 0.29) is 0 Å². The van der Waals surface area contributed by atoms with E-state index in [1.165, 1.54) is 5.56 Å². The van der Waals surface area contributed by atoms with Crippen LogP contribution in [0.1, 0.15) is 5.56 Å². The average Bonchev–Trinajstić information content (AvgIpc) is 2.26. The van der Waals surface area contributed by atoms with Crippen LogP contribution in [0.15, 0.2) is 18.2 Å². The van der Waals surface area contributed by atoms with Crippen molar-refractivity contribution >= 4 is 0 Å². The van der Waals surface area contributed by atoms with Crippen LogP contribution in [0.4, 0.5) is 0 Å². The number of ether oxygens (including phenoxy) is 2. The van der Waals surface area contributed by atoms with Crippen molar-refractivity contribution in [3.8, 4) is 11.5 Å². The number of hydrogen-bond acceptors (Lipinski definition) is 3. The van der Waals surface area contributed by atoms with Gasteiger partial charge in [-0.15, -0.1) is 0 Å². The first-order valence-corrected chi connectivity index (χ1v) is 4.94. The molecule has 76 valence electrons. The normalized spacial score (nSPS) is 14.1. The summed E-state index contributed by atoms with van der Waals surface area (Å²) < 4.78 is 11.1. The fourth-order valence-electron chi connectivity index (χ4n) is 1.59. The van der Waals surface area contributed by atoms with Gasteiger partial charge in [0.25, 0.3) is 0 Å². The van der Waals surface area contributed by atoms with Crippen molar-refractivity contribution in [2.24, 2.45) is 0 Å². The van der Waals surface area contributed by atoms with E-state index < -0.39 is 0 Å². The Morgan fingerprint density at radius 1 is 1.29 bits per heavy atom. The topological polar surface area (TPSA) is 30.5 Å². The van der Waals surface area contributed by atoms with Gasteiger partial charge in [0.2, 0.25) is 0 Å². The van der Waals surface area contributed by atoms with Gasteiger partial charge in [0.1, 0.15) is 13.2 Å². The molecule has 0 aromatic heterocycles. The zero-order chi connectivity index (χ0) is 9.80. The third-order valence-electron chi connectivity index (χ3n) is 2.29. The Morgan fingerprint density at radius 3 is 3.00 bits per heavy atom. The molecular weight excluding hydrogens is 178 g/mol. The van der Waals surface area contributed by atoms with E-state index in [0.29, 0.717) is 13.2 Å². The molecule has 1 aromatic rings. The van der Waals surface area contributed by atoms with Gasteiger partial charge in [-0.05, 0) is 31.6 Å². The second-order valence-corrected chi connectivity index (χ2v) is 3.29. The highest BCUT2D eigenvalue weighted by atomic mass is 16.6. The highest BCUT2D eigenvalue weighted by Gasteiger charge is 2.14. The van der Waals surface area contributed by atoms with Crippen molar-refractivity contribution in [3.05, 3.63) is 23.8 Å². The third-order valence-corrected chi connectivity index (χ3v) is 2.29. The number of likely N-dealkylation sites (N-methyl/N-ethyl adjacent to an activating group) is 1. The van der Waals surface area contributed by atoms with Gasteiger partial charge in [-0.25, -0.2) is 0 Å². The minimum Gasteiger partial charge on any atom is -0.486 e. The minimum absolute atomic E-state index is 0.655. The summed E-state index contributed by atoms with van der Waals surface area (Å²) in [7, 11) is 1.95. The maximum absolute atomic E-state index is 5.60. The molecule has 0 atom stereocenters. The van der Waals surface area contributed by atoms with Crippen LogP contribution >= 0.6 is 0 Å². The van der Waals surface area contributed by atoms with Crippen LogP contribution in [-0.2, 0) is 6.42 Å². The van der Waals surface area contributed by atoms with Gasteiger partial charge in [0.05, 0.1) is 0 Å². The molecule has 1 aromatic carbocycles. The Balaban J connectivity index is 2.21. The van der Waals surface area contributed by atoms with Crippen LogP contribution in [0.3, 0.4) is 0 Å². The molecule has 3 heteroatoms. The van der Waals surface area contributed by atoms with Crippen LogP contribution in [0.2, 0.25) is 0 Å². The zero-order valence-corrected chi connectivity index (χ0v) is 8.38. The number of nitrogens with one attached hydrogen (secondary N) is 1. The predicted octanol–water partition coefficient (Wildman–Crippen LogP) is 1.22. The maximum atomic E-state index is 5.60. The Labute approximate surface area is 84.0 Å². The smallest absolute Gasteiger partial charge is 0.164 e. The number of rotatable bonds is 3. The summed E-state index contributed by atoms with van der Waals surface area (Å²) in [6, 6.07) is 6.06. The molecule has 0 amide bonds. The molecule has 1 aliphatic rings. The van der Waals surface area contributed by atoms with Crippen molar-refractivity contribution in [2.75, 3.05) is 26.8 Å². The Bertz CT molecular complexity index is 312. The van der Waals surface area contributed by atoms with Crippen LogP contribution in [0.25, 0.3) is 0 Å². The van der Waals surface area contributed by atoms with E-state index in [4.69, 9.17) is 9.47 Å². The molecule has 0 radical (unpaired) electrons. The second-order valence-electron chi connectivity index (χ2n) is 3.29. The number of fused-ring (bicyclic) bond motifs is 1.